The Morgan fingerprint density at radius 3 is 2.71 bits per heavy atom. The number of rotatable bonds is 4. The fourth-order valence-electron chi connectivity index (χ4n) is 1.58. The normalized spacial score (nSPS) is 15.4. The summed E-state index contributed by atoms with van der Waals surface area (Å²) in [5.41, 5.74) is 0.864. The number of aromatic amines is 1. The number of hydrogen-bond acceptors (Lipinski definition) is 2. The molecule has 1 heterocycles. The first-order chi connectivity index (χ1) is 6.61. The van der Waals surface area contributed by atoms with Crippen molar-refractivity contribution in [3.63, 3.8) is 0 Å². The minimum atomic E-state index is 0.0356. The monoisotopic (exact) mass is 214 g/mol. The van der Waals surface area contributed by atoms with Gasteiger partial charge >= 0.3 is 0 Å². The van der Waals surface area contributed by atoms with Crippen LogP contribution in [0.4, 0.5) is 0 Å². The molecule has 1 rings (SSSR count). The molecule has 3 nitrogen and oxygen atoms in total. The average molecular weight is 214 g/mol. The predicted octanol–water partition coefficient (Wildman–Crippen LogP) is 2.65. The molecule has 0 bridgehead atoms. The largest absolute Gasteiger partial charge is 0.390 e. The van der Waals surface area contributed by atoms with Gasteiger partial charge in [0.25, 0.3) is 0 Å². The predicted molar refractivity (Wildman–Crippen MR) is 59.7 cm³/mol. The Morgan fingerprint density at radius 1 is 1.57 bits per heavy atom. The van der Waals surface area contributed by atoms with Gasteiger partial charge in [-0.25, -0.2) is 0 Å². The quantitative estimate of drug-likeness (QED) is 0.756. The highest BCUT2D eigenvalue weighted by atomic mass is 32.1. The van der Waals surface area contributed by atoms with E-state index >= 15 is 0 Å². The van der Waals surface area contributed by atoms with E-state index in [0.717, 1.165) is 12.1 Å². The Kier molecular flexibility index (Phi) is 3.89. The van der Waals surface area contributed by atoms with Crippen LogP contribution in [0.25, 0.3) is 0 Å². The number of nitrogens with zero attached hydrogens (tertiary/aromatic N) is 1. The fraction of sp³-hybridized carbons (Fsp3) is 0.700. The van der Waals surface area contributed by atoms with Gasteiger partial charge in [-0.3, -0.25) is 0 Å². The lowest BCUT2D eigenvalue weighted by molar-refractivity contribution is 0.257. The molecule has 2 N–H and O–H groups in total. The molecule has 0 aliphatic carbocycles. The van der Waals surface area contributed by atoms with Gasteiger partial charge in [-0.15, -0.1) is 0 Å². The minimum absolute atomic E-state index is 0.0356. The maximum absolute atomic E-state index is 9.15. The zero-order chi connectivity index (χ0) is 10.7. The number of hydrogen-bond donors (Lipinski definition) is 2. The average Bonchev–Trinajstić information content (AvgIpc) is 2.57. The van der Waals surface area contributed by atoms with Crippen molar-refractivity contribution in [1.82, 2.24) is 9.55 Å². The van der Waals surface area contributed by atoms with Crippen LogP contribution in [0.15, 0.2) is 6.20 Å². The molecule has 2 unspecified atom stereocenters. The molecule has 0 spiro atoms. The van der Waals surface area contributed by atoms with Gasteiger partial charge in [-0.1, -0.05) is 20.3 Å². The second-order valence-electron chi connectivity index (χ2n) is 3.74. The van der Waals surface area contributed by atoms with Crippen molar-refractivity contribution in [1.29, 1.82) is 0 Å². The zero-order valence-electron chi connectivity index (χ0n) is 8.95. The van der Waals surface area contributed by atoms with Gasteiger partial charge in [0.2, 0.25) is 0 Å². The molecular weight excluding hydrogens is 196 g/mol. The van der Waals surface area contributed by atoms with Gasteiger partial charge in [-0.2, -0.15) is 0 Å². The number of aliphatic hydroxyl groups excluding tert-OH is 1. The lowest BCUT2D eigenvalue weighted by Crippen LogP contribution is -2.16. The third-order valence-corrected chi connectivity index (χ3v) is 3.24. The van der Waals surface area contributed by atoms with Crippen molar-refractivity contribution in [2.24, 2.45) is 5.92 Å². The van der Waals surface area contributed by atoms with Crippen molar-refractivity contribution >= 4 is 12.2 Å². The summed E-state index contributed by atoms with van der Waals surface area (Å²) in [6, 6.07) is 0.334. The molecule has 0 amide bonds. The molecule has 1 aromatic rings. The van der Waals surface area contributed by atoms with E-state index in [0.29, 0.717) is 16.7 Å². The third kappa shape index (κ3) is 2.07. The van der Waals surface area contributed by atoms with E-state index < -0.39 is 0 Å². The SMILES string of the molecule is CCC(C)C(C)n1c(CO)c[nH]c1=S. The van der Waals surface area contributed by atoms with Gasteiger partial charge in [0.05, 0.1) is 12.3 Å². The first kappa shape index (κ1) is 11.5. The molecule has 0 aromatic carbocycles. The molecule has 80 valence electrons. The fourth-order valence-corrected chi connectivity index (χ4v) is 1.92. The maximum Gasteiger partial charge on any atom is 0.177 e. The van der Waals surface area contributed by atoms with E-state index in [2.05, 4.69) is 25.8 Å². The van der Waals surface area contributed by atoms with Crippen molar-refractivity contribution in [2.75, 3.05) is 0 Å². The van der Waals surface area contributed by atoms with Crippen LogP contribution in [0, 0.1) is 10.7 Å². The highest BCUT2D eigenvalue weighted by Crippen LogP contribution is 2.22. The zero-order valence-corrected chi connectivity index (χ0v) is 9.77. The Bertz CT molecular complexity index is 342. The van der Waals surface area contributed by atoms with Gasteiger partial charge in [-0.05, 0) is 25.1 Å². The summed E-state index contributed by atoms with van der Waals surface area (Å²) in [7, 11) is 0. The molecule has 2 atom stereocenters. The van der Waals surface area contributed by atoms with Crippen LogP contribution in [-0.2, 0) is 6.61 Å². The molecule has 0 fully saturated rings. The first-order valence-corrected chi connectivity index (χ1v) is 5.42. The maximum atomic E-state index is 9.15. The van der Waals surface area contributed by atoms with Crippen LogP contribution in [0.2, 0.25) is 0 Å². The van der Waals surface area contributed by atoms with Crippen molar-refractivity contribution in [2.45, 2.75) is 39.8 Å². The topological polar surface area (TPSA) is 41.0 Å². The molecule has 0 aliphatic heterocycles. The number of aromatic nitrogens is 2. The number of nitrogens with one attached hydrogen (secondary N) is 1. The van der Waals surface area contributed by atoms with Crippen molar-refractivity contribution < 1.29 is 5.11 Å². The van der Waals surface area contributed by atoms with E-state index in [4.69, 9.17) is 17.3 Å². The lowest BCUT2D eigenvalue weighted by Gasteiger charge is -2.21. The van der Waals surface area contributed by atoms with Gasteiger partial charge in [0.1, 0.15) is 0 Å². The summed E-state index contributed by atoms with van der Waals surface area (Å²) < 4.78 is 2.70. The summed E-state index contributed by atoms with van der Waals surface area (Å²) in [5, 5.41) is 9.15. The Hall–Kier alpha value is -0.610. The molecule has 14 heavy (non-hydrogen) atoms. The first-order valence-electron chi connectivity index (χ1n) is 5.01. The highest BCUT2D eigenvalue weighted by molar-refractivity contribution is 7.71. The second kappa shape index (κ2) is 4.75. The number of H-pyrrole nitrogens is 1. The van der Waals surface area contributed by atoms with Crippen LogP contribution < -0.4 is 0 Å². The van der Waals surface area contributed by atoms with E-state index in [1.807, 2.05) is 4.57 Å². The second-order valence-corrected chi connectivity index (χ2v) is 4.13. The molecule has 0 radical (unpaired) electrons. The van der Waals surface area contributed by atoms with Crippen LogP contribution in [0.3, 0.4) is 0 Å². The van der Waals surface area contributed by atoms with Gasteiger partial charge in [0, 0.05) is 12.2 Å². The van der Waals surface area contributed by atoms with Crippen molar-refractivity contribution in [3.8, 4) is 0 Å². The minimum Gasteiger partial charge on any atom is -0.390 e. The Morgan fingerprint density at radius 2 is 2.21 bits per heavy atom. The smallest absolute Gasteiger partial charge is 0.177 e. The third-order valence-electron chi connectivity index (χ3n) is 2.93. The van der Waals surface area contributed by atoms with Gasteiger partial charge < -0.3 is 14.7 Å². The Labute approximate surface area is 89.8 Å². The molecule has 4 heteroatoms. The molecular formula is C10H18N2OS. The van der Waals surface area contributed by atoms with E-state index in [-0.39, 0.29) is 6.61 Å². The van der Waals surface area contributed by atoms with E-state index in [1.54, 1.807) is 6.20 Å². The Balaban J connectivity index is 3.04. The van der Waals surface area contributed by atoms with E-state index in [9.17, 15) is 0 Å². The lowest BCUT2D eigenvalue weighted by atomic mass is 10.0. The van der Waals surface area contributed by atoms with Gasteiger partial charge in [0.15, 0.2) is 4.77 Å². The summed E-state index contributed by atoms with van der Waals surface area (Å²) in [5.74, 6) is 0.558. The number of aliphatic hydroxyl groups is 1. The summed E-state index contributed by atoms with van der Waals surface area (Å²) in [6.45, 7) is 6.53. The van der Waals surface area contributed by atoms with Crippen molar-refractivity contribution in [3.05, 3.63) is 16.7 Å². The summed E-state index contributed by atoms with van der Waals surface area (Å²) >= 11 is 5.18. The molecule has 0 aliphatic rings. The molecule has 1 aromatic heterocycles. The molecule has 0 saturated heterocycles. The highest BCUT2D eigenvalue weighted by Gasteiger charge is 2.15. The van der Waals surface area contributed by atoms with Crippen LogP contribution in [0.1, 0.15) is 38.9 Å². The van der Waals surface area contributed by atoms with E-state index in [1.165, 1.54) is 0 Å². The van der Waals surface area contributed by atoms with Crippen LogP contribution in [-0.4, -0.2) is 14.7 Å². The standard InChI is InChI=1S/C10H18N2OS/c1-4-7(2)8(3)12-9(6-13)5-11-10(12)14/h5,7-8,13H,4,6H2,1-3H3,(H,11,14). The molecule has 0 saturated carbocycles. The van der Waals surface area contributed by atoms with Crippen LogP contribution in [0.5, 0.6) is 0 Å². The summed E-state index contributed by atoms with van der Waals surface area (Å²) in [6.07, 6.45) is 2.89. The van der Waals surface area contributed by atoms with Crippen LogP contribution >= 0.6 is 12.2 Å². The summed E-state index contributed by atoms with van der Waals surface area (Å²) in [4.78, 5) is 2.97. The number of imidazole rings is 1.